The second-order valence-corrected chi connectivity index (χ2v) is 11.0. The van der Waals surface area contributed by atoms with Crippen LogP contribution in [0.2, 0.25) is 0 Å². The summed E-state index contributed by atoms with van der Waals surface area (Å²) in [5.74, 6) is 0.311. The molecule has 4 nitrogen and oxygen atoms in total. The van der Waals surface area contributed by atoms with Gasteiger partial charge in [0.2, 0.25) is 5.91 Å². The number of carbonyl (C=O) groups excluding carboxylic acids is 1. The van der Waals surface area contributed by atoms with E-state index in [2.05, 4.69) is 12.2 Å². The van der Waals surface area contributed by atoms with E-state index < -0.39 is 10.8 Å². The van der Waals surface area contributed by atoms with Gasteiger partial charge in [0.25, 0.3) is 0 Å². The van der Waals surface area contributed by atoms with Crippen LogP contribution in [-0.4, -0.2) is 20.3 Å². The summed E-state index contributed by atoms with van der Waals surface area (Å²) in [6, 6.07) is 27.9. The van der Waals surface area contributed by atoms with E-state index >= 15 is 0 Å². The molecule has 0 aliphatic carbocycles. The van der Waals surface area contributed by atoms with Gasteiger partial charge in [0.1, 0.15) is 0 Å². The lowest BCUT2D eigenvalue weighted by molar-refractivity contribution is -0.121. The first-order chi connectivity index (χ1) is 17.0. The van der Waals surface area contributed by atoms with Gasteiger partial charge in [-0.1, -0.05) is 99.6 Å². The van der Waals surface area contributed by atoms with Crippen molar-refractivity contribution in [3.63, 3.8) is 0 Å². The molecule has 1 unspecified atom stereocenters. The Morgan fingerprint density at radius 3 is 2.17 bits per heavy atom. The van der Waals surface area contributed by atoms with Crippen molar-refractivity contribution in [2.75, 3.05) is 0 Å². The Bertz CT molecular complexity index is 1320. The van der Waals surface area contributed by atoms with Gasteiger partial charge in [0, 0.05) is 27.0 Å². The maximum atomic E-state index is 13.4. The van der Waals surface area contributed by atoms with E-state index in [9.17, 15) is 9.00 Å². The SMILES string of the molecule is CC[C@H](NC(=O)Cc1c(CS(=O)C(C)C)c(-c2ccccc2)nc2ccccc12)c1ccccc1. The summed E-state index contributed by atoms with van der Waals surface area (Å²) in [7, 11) is -1.09. The number of nitrogens with one attached hydrogen (secondary N) is 1. The summed E-state index contributed by atoms with van der Waals surface area (Å²) >= 11 is 0. The Hall–Kier alpha value is -3.31. The third-order valence-corrected chi connectivity index (χ3v) is 7.88. The number of rotatable bonds is 9. The Kier molecular flexibility index (Phi) is 8.09. The zero-order valence-electron chi connectivity index (χ0n) is 20.5. The lowest BCUT2D eigenvalue weighted by atomic mass is 9.95. The van der Waals surface area contributed by atoms with Gasteiger partial charge < -0.3 is 5.32 Å². The fourth-order valence-electron chi connectivity index (χ4n) is 4.33. The van der Waals surface area contributed by atoms with E-state index in [0.717, 1.165) is 45.3 Å². The summed E-state index contributed by atoms with van der Waals surface area (Å²) in [4.78, 5) is 18.4. The standard InChI is InChI=1S/C30H32N2O2S/c1-4-27(22-13-7-5-8-14-22)31-29(33)19-25-24-17-11-12-18-28(24)32-30(23-15-9-6-10-16-23)26(25)20-35(34)21(2)3/h5-18,21,27H,4,19-20H2,1-3H3,(H,31,33)/t27-,35?/m0/s1. The summed E-state index contributed by atoms with van der Waals surface area (Å²) in [5, 5.41) is 4.17. The van der Waals surface area contributed by atoms with E-state index in [-0.39, 0.29) is 23.6 Å². The molecule has 0 fully saturated rings. The number of hydrogen-bond acceptors (Lipinski definition) is 3. The minimum atomic E-state index is -1.09. The van der Waals surface area contributed by atoms with E-state index in [1.165, 1.54) is 0 Å². The Labute approximate surface area is 210 Å². The number of nitrogens with zero attached hydrogens (tertiary/aromatic N) is 1. The van der Waals surface area contributed by atoms with E-state index in [0.29, 0.717) is 5.75 Å². The van der Waals surface area contributed by atoms with Gasteiger partial charge in [-0.05, 0) is 29.2 Å². The maximum absolute atomic E-state index is 13.4. The molecule has 5 heteroatoms. The summed E-state index contributed by atoms with van der Waals surface area (Å²) in [5.41, 5.74) is 5.49. The van der Waals surface area contributed by atoms with Crippen molar-refractivity contribution < 1.29 is 9.00 Å². The van der Waals surface area contributed by atoms with Crippen LogP contribution < -0.4 is 5.32 Å². The molecular formula is C30H32N2O2S. The number of para-hydroxylation sites is 1. The molecule has 3 aromatic carbocycles. The molecule has 35 heavy (non-hydrogen) atoms. The van der Waals surface area contributed by atoms with Crippen LogP contribution in [0.5, 0.6) is 0 Å². The smallest absolute Gasteiger partial charge is 0.224 e. The zero-order valence-corrected chi connectivity index (χ0v) is 21.3. The number of hydrogen-bond donors (Lipinski definition) is 1. The third kappa shape index (κ3) is 5.85. The quantitative estimate of drug-likeness (QED) is 0.300. The second-order valence-electron chi connectivity index (χ2n) is 8.99. The average molecular weight is 485 g/mol. The molecule has 0 aliphatic heterocycles. The minimum Gasteiger partial charge on any atom is -0.349 e. The van der Waals surface area contributed by atoms with Crippen molar-refractivity contribution in [1.29, 1.82) is 0 Å². The van der Waals surface area contributed by atoms with Crippen LogP contribution in [0.4, 0.5) is 0 Å². The molecule has 1 amide bonds. The number of amides is 1. The van der Waals surface area contributed by atoms with E-state index in [4.69, 9.17) is 4.98 Å². The van der Waals surface area contributed by atoms with E-state index in [1.807, 2.05) is 98.8 Å². The number of carbonyl (C=O) groups is 1. The molecule has 1 heterocycles. The van der Waals surface area contributed by atoms with Crippen molar-refractivity contribution >= 4 is 27.6 Å². The summed E-state index contributed by atoms with van der Waals surface area (Å²) in [6.07, 6.45) is 1.00. The maximum Gasteiger partial charge on any atom is 0.224 e. The van der Waals surface area contributed by atoms with Crippen LogP contribution >= 0.6 is 0 Å². The number of benzene rings is 3. The van der Waals surface area contributed by atoms with Gasteiger partial charge in [-0.25, -0.2) is 4.98 Å². The Morgan fingerprint density at radius 2 is 1.51 bits per heavy atom. The van der Waals surface area contributed by atoms with Gasteiger partial charge in [0.15, 0.2) is 0 Å². The largest absolute Gasteiger partial charge is 0.349 e. The first-order valence-electron chi connectivity index (χ1n) is 12.1. The van der Waals surface area contributed by atoms with Gasteiger partial charge in [-0.3, -0.25) is 9.00 Å². The predicted molar refractivity (Wildman–Crippen MR) is 145 cm³/mol. The number of pyridine rings is 1. The lowest BCUT2D eigenvalue weighted by Gasteiger charge is -2.21. The molecule has 1 aromatic heterocycles. The molecule has 2 atom stereocenters. The van der Waals surface area contributed by atoms with Gasteiger partial charge in [-0.15, -0.1) is 0 Å². The molecule has 4 rings (SSSR count). The molecule has 0 bridgehead atoms. The Balaban J connectivity index is 1.80. The molecule has 1 N–H and O–H groups in total. The number of aromatic nitrogens is 1. The lowest BCUT2D eigenvalue weighted by Crippen LogP contribution is -2.30. The molecule has 180 valence electrons. The summed E-state index contributed by atoms with van der Waals surface area (Å²) < 4.78 is 13.1. The van der Waals surface area contributed by atoms with Crippen molar-refractivity contribution in [2.24, 2.45) is 0 Å². The first kappa shape index (κ1) is 24.8. The van der Waals surface area contributed by atoms with Crippen LogP contribution in [0.3, 0.4) is 0 Å². The van der Waals surface area contributed by atoms with Crippen molar-refractivity contribution in [2.45, 2.75) is 50.7 Å². The van der Waals surface area contributed by atoms with Gasteiger partial charge >= 0.3 is 0 Å². The monoisotopic (exact) mass is 484 g/mol. The van der Waals surface area contributed by atoms with Crippen LogP contribution in [0.25, 0.3) is 22.2 Å². The second kappa shape index (κ2) is 11.4. The predicted octanol–water partition coefficient (Wildman–Crippen LogP) is 6.37. The highest BCUT2D eigenvalue weighted by Gasteiger charge is 2.22. The number of fused-ring (bicyclic) bond motifs is 1. The highest BCUT2D eigenvalue weighted by molar-refractivity contribution is 7.84. The zero-order chi connectivity index (χ0) is 24.8. The van der Waals surface area contributed by atoms with Crippen molar-refractivity contribution in [3.8, 4) is 11.3 Å². The highest BCUT2D eigenvalue weighted by atomic mass is 32.2. The fourth-order valence-corrected chi connectivity index (χ4v) is 5.26. The van der Waals surface area contributed by atoms with Crippen LogP contribution in [-0.2, 0) is 27.8 Å². The van der Waals surface area contributed by atoms with Crippen LogP contribution in [0.1, 0.15) is 49.9 Å². The first-order valence-corrected chi connectivity index (χ1v) is 13.5. The van der Waals surface area contributed by atoms with Crippen LogP contribution in [0.15, 0.2) is 84.9 Å². The topological polar surface area (TPSA) is 59.1 Å². The molecule has 0 saturated carbocycles. The third-order valence-electron chi connectivity index (χ3n) is 6.25. The fraction of sp³-hybridized carbons (Fsp3) is 0.267. The van der Waals surface area contributed by atoms with Crippen molar-refractivity contribution in [3.05, 3.63) is 102 Å². The van der Waals surface area contributed by atoms with Gasteiger partial charge in [0.05, 0.1) is 29.4 Å². The van der Waals surface area contributed by atoms with Crippen LogP contribution in [0, 0.1) is 0 Å². The van der Waals surface area contributed by atoms with Crippen molar-refractivity contribution in [1.82, 2.24) is 10.3 Å². The van der Waals surface area contributed by atoms with Gasteiger partial charge in [-0.2, -0.15) is 0 Å². The molecular weight excluding hydrogens is 452 g/mol. The molecule has 0 radical (unpaired) electrons. The Morgan fingerprint density at radius 1 is 0.886 bits per heavy atom. The molecule has 4 aromatic rings. The molecule has 0 saturated heterocycles. The average Bonchev–Trinajstić information content (AvgIpc) is 2.89. The minimum absolute atomic E-state index is 0.00863. The molecule has 0 aliphatic rings. The summed E-state index contributed by atoms with van der Waals surface area (Å²) in [6.45, 7) is 6.00. The normalized spacial score (nSPS) is 13.0. The highest BCUT2D eigenvalue weighted by Crippen LogP contribution is 2.32. The molecule has 0 spiro atoms. The van der Waals surface area contributed by atoms with E-state index in [1.54, 1.807) is 0 Å².